The number of aliphatic hydroxyl groups is 2. The molecule has 4 saturated carbocycles. The van der Waals surface area contributed by atoms with Crippen molar-refractivity contribution in [1.29, 1.82) is 0 Å². The van der Waals surface area contributed by atoms with E-state index in [9.17, 15) is 15.0 Å². The van der Waals surface area contributed by atoms with Gasteiger partial charge in [-0.1, -0.05) is 32.9 Å². The molecule has 0 aromatic heterocycles. The number of fused-ring (bicyclic) bond motifs is 5. The number of ketones is 1. The highest BCUT2D eigenvalue weighted by Crippen LogP contribution is 2.67. The van der Waals surface area contributed by atoms with E-state index in [2.05, 4.69) is 39.8 Å². The monoisotopic (exact) mass is 374 g/mol. The van der Waals surface area contributed by atoms with Crippen LogP contribution in [0.4, 0.5) is 0 Å². The highest BCUT2D eigenvalue weighted by atomic mass is 16.3. The van der Waals surface area contributed by atoms with E-state index < -0.39 is 12.2 Å². The van der Waals surface area contributed by atoms with Crippen LogP contribution in [0.5, 0.6) is 0 Å². The minimum absolute atomic E-state index is 0.0549. The van der Waals surface area contributed by atoms with Crippen LogP contribution >= 0.6 is 0 Å². The fourth-order valence-corrected chi connectivity index (χ4v) is 8.41. The molecule has 3 nitrogen and oxygen atoms in total. The fraction of sp³-hybridized carbons (Fsp3) is 0.875. The molecule has 0 heterocycles. The Morgan fingerprint density at radius 3 is 2.48 bits per heavy atom. The summed E-state index contributed by atoms with van der Waals surface area (Å²) in [4.78, 5) is 13.1. The summed E-state index contributed by atoms with van der Waals surface area (Å²) in [5, 5.41) is 20.6. The normalized spacial score (nSPS) is 53.7. The zero-order valence-corrected chi connectivity index (χ0v) is 17.5. The Hall–Kier alpha value is -0.670. The Balaban J connectivity index is 1.64. The van der Waals surface area contributed by atoms with Gasteiger partial charge in [-0.3, -0.25) is 4.79 Å². The van der Waals surface area contributed by atoms with Crippen LogP contribution in [0, 0.1) is 46.3 Å². The summed E-state index contributed by atoms with van der Waals surface area (Å²) < 4.78 is 0. The lowest BCUT2D eigenvalue weighted by Gasteiger charge is -2.60. The molecule has 0 spiro atoms. The van der Waals surface area contributed by atoms with Crippen LogP contribution < -0.4 is 0 Å². The first kappa shape index (κ1) is 19.6. The van der Waals surface area contributed by atoms with Crippen molar-refractivity contribution in [2.24, 2.45) is 46.3 Å². The van der Waals surface area contributed by atoms with Gasteiger partial charge in [-0.25, -0.2) is 0 Å². The SMILES string of the molecule is C/C=C\C(C)[C@H]1CC[C@H]2[C@@H]3CC(=O)[C@H]4C[C@H](O)[C@H](O)C[C@]4(C)[C@H]3CC[C@]12C. The van der Waals surface area contributed by atoms with Crippen molar-refractivity contribution in [3.8, 4) is 0 Å². The molecule has 0 aromatic rings. The smallest absolute Gasteiger partial charge is 0.136 e. The summed E-state index contributed by atoms with van der Waals surface area (Å²) in [6.07, 6.45) is 9.89. The second kappa shape index (κ2) is 6.69. The number of carbonyl (C=O) groups is 1. The summed E-state index contributed by atoms with van der Waals surface area (Å²) in [6.45, 7) is 9.24. The van der Waals surface area contributed by atoms with Gasteiger partial charge in [0.25, 0.3) is 0 Å². The van der Waals surface area contributed by atoms with Crippen molar-refractivity contribution in [2.45, 2.75) is 84.8 Å². The Kier molecular flexibility index (Phi) is 4.87. The molecule has 2 N–H and O–H groups in total. The summed E-state index contributed by atoms with van der Waals surface area (Å²) in [7, 11) is 0. The number of carbonyl (C=O) groups excluding carboxylic acids is 1. The molecular formula is C24H38O3. The first-order valence-electron chi connectivity index (χ1n) is 11.2. The van der Waals surface area contributed by atoms with Gasteiger partial charge in [-0.2, -0.15) is 0 Å². The molecule has 4 fully saturated rings. The zero-order chi connectivity index (χ0) is 19.6. The molecule has 3 heteroatoms. The number of allylic oxidation sites excluding steroid dienone is 2. The van der Waals surface area contributed by atoms with E-state index in [0.717, 1.165) is 5.92 Å². The van der Waals surface area contributed by atoms with Crippen LogP contribution in [0.3, 0.4) is 0 Å². The molecule has 152 valence electrons. The molecule has 4 aliphatic rings. The third kappa shape index (κ3) is 2.79. The second-order valence-corrected chi connectivity index (χ2v) is 10.8. The van der Waals surface area contributed by atoms with E-state index in [1.54, 1.807) is 0 Å². The van der Waals surface area contributed by atoms with Gasteiger partial charge in [0.15, 0.2) is 0 Å². The van der Waals surface area contributed by atoms with E-state index in [0.29, 0.717) is 54.1 Å². The summed E-state index contributed by atoms with van der Waals surface area (Å²) in [6, 6.07) is 0. The zero-order valence-electron chi connectivity index (χ0n) is 17.5. The molecule has 10 atom stereocenters. The van der Waals surface area contributed by atoms with Crippen LogP contribution in [0.2, 0.25) is 0 Å². The van der Waals surface area contributed by atoms with Crippen LogP contribution in [0.1, 0.15) is 72.6 Å². The Bertz CT molecular complexity index is 627. The van der Waals surface area contributed by atoms with Crippen LogP contribution in [0.15, 0.2) is 12.2 Å². The molecular weight excluding hydrogens is 336 g/mol. The maximum atomic E-state index is 13.1. The van der Waals surface area contributed by atoms with Gasteiger partial charge in [0.05, 0.1) is 12.2 Å². The number of hydrogen-bond donors (Lipinski definition) is 2. The van der Waals surface area contributed by atoms with Gasteiger partial charge in [0.1, 0.15) is 5.78 Å². The minimum Gasteiger partial charge on any atom is -0.390 e. The Morgan fingerprint density at radius 1 is 1.07 bits per heavy atom. The van der Waals surface area contributed by atoms with Gasteiger partial charge in [0.2, 0.25) is 0 Å². The second-order valence-electron chi connectivity index (χ2n) is 10.8. The predicted molar refractivity (Wildman–Crippen MR) is 107 cm³/mol. The van der Waals surface area contributed by atoms with Gasteiger partial charge in [-0.05, 0) is 85.9 Å². The van der Waals surface area contributed by atoms with Crippen molar-refractivity contribution in [2.75, 3.05) is 0 Å². The molecule has 0 radical (unpaired) electrons. The Labute approximate surface area is 164 Å². The number of aliphatic hydroxyl groups excluding tert-OH is 2. The summed E-state index contributed by atoms with van der Waals surface area (Å²) >= 11 is 0. The lowest BCUT2D eigenvalue weighted by molar-refractivity contribution is -0.173. The molecule has 0 aromatic carbocycles. The number of hydrogen-bond acceptors (Lipinski definition) is 3. The van der Waals surface area contributed by atoms with Gasteiger partial charge in [-0.15, -0.1) is 0 Å². The molecule has 27 heavy (non-hydrogen) atoms. The van der Waals surface area contributed by atoms with Gasteiger partial charge >= 0.3 is 0 Å². The van der Waals surface area contributed by atoms with Crippen molar-refractivity contribution in [1.82, 2.24) is 0 Å². The highest BCUT2D eigenvalue weighted by Gasteiger charge is 2.63. The van der Waals surface area contributed by atoms with Crippen molar-refractivity contribution in [3.05, 3.63) is 12.2 Å². The lowest BCUT2D eigenvalue weighted by atomic mass is 9.44. The minimum atomic E-state index is -0.727. The van der Waals surface area contributed by atoms with Crippen molar-refractivity contribution < 1.29 is 15.0 Å². The third-order valence-electron chi connectivity index (χ3n) is 9.68. The average molecular weight is 375 g/mol. The topological polar surface area (TPSA) is 57.5 Å². The molecule has 1 unspecified atom stereocenters. The third-order valence-corrected chi connectivity index (χ3v) is 9.68. The van der Waals surface area contributed by atoms with E-state index in [1.165, 1.54) is 25.7 Å². The standard InChI is InChI=1S/C24H38O3/c1-5-6-14(2)16-7-8-17-15-11-20(25)19-12-21(26)22(27)13-24(19,4)18(15)9-10-23(16,17)3/h5-6,14-19,21-22,26-27H,7-13H2,1-4H3/b6-5-/t14?,15-,16+,17-,18-,19+,21-,22+,23+,24+/m0/s1. The quantitative estimate of drug-likeness (QED) is 0.706. The summed E-state index contributed by atoms with van der Waals surface area (Å²) in [5.41, 5.74) is 0.212. The Morgan fingerprint density at radius 2 is 1.78 bits per heavy atom. The van der Waals surface area contributed by atoms with Crippen LogP contribution in [-0.4, -0.2) is 28.2 Å². The van der Waals surface area contributed by atoms with Gasteiger partial charge in [0, 0.05) is 12.3 Å². The first-order valence-corrected chi connectivity index (χ1v) is 11.2. The predicted octanol–water partition coefficient (Wildman–Crippen LogP) is 4.37. The maximum absolute atomic E-state index is 13.1. The van der Waals surface area contributed by atoms with E-state index in [-0.39, 0.29) is 11.3 Å². The van der Waals surface area contributed by atoms with Crippen LogP contribution in [0.25, 0.3) is 0 Å². The van der Waals surface area contributed by atoms with E-state index >= 15 is 0 Å². The van der Waals surface area contributed by atoms with E-state index in [4.69, 9.17) is 0 Å². The molecule has 0 amide bonds. The largest absolute Gasteiger partial charge is 0.390 e. The molecule has 0 aliphatic heterocycles. The first-order chi connectivity index (χ1) is 12.7. The van der Waals surface area contributed by atoms with Gasteiger partial charge < -0.3 is 10.2 Å². The summed E-state index contributed by atoms with van der Waals surface area (Å²) in [5.74, 6) is 3.27. The fourth-order valence-electron chi connectivity index (χ4n) is 8.41. The van der Waals surface area contributed by atoms with Crippen molar-refractivity contribution in [3.63, 3.8) is 0 Å². The van der Waals surface area contributed by atoms with Crippen LogP contribution in [-0.2, 0) is 4.79 Å². The number of rotatable bonds is 2. The average Bonchev–Trinajstić information content (AvgIpc) is 2.95. The molecule has 0 bridgehead atoms. The maximum Gasteiger partial charge on any atom is 0.136 e. The molecule has 0 saturated heterocycles. The van der Waals surface area contributed by atoms with Crippen molar-refractivity contribution >= 4 is 5.78 Å². The highest BCUT2D eigenvalue weighted by molar-refractivity contribution is 5.83. The number of Topliss-reactive ketones (excluding diaryl/α,β-unsaturated/α-hetero) is 1. The van der Waals surface area contributed by atoms with E-state index in [1.807, 2.05) is 0 Å². The molecule has 4 aliphatic carbocycles. The lowest BCUT2D eigenvalue weighted by Crippen LogP contribution is -2.59. The molecule has 4 rings (SSSR count).